The van der Waals surface area contributed by atoms with Crippen LogP contribution in [-0.4, -0.2) is 7.85 Å². The summed E-state index contributed by atoms with van der Waals surface area (Å²) in [7, 11) is 2.36. The summed E-state index contributed by atoms with van der Waals surface area (Å²) in [5, 5.41) is 8.87. The Morgan fingerprint density at radius 1 is 0.923 bits per heavy atom. The summed E-state index contributed by atoms with van der Waals surface area (Å²) in [5.41, 5.74) is 0. The Kier molecular flexibility index (Phi) is 4.97. The first-order valence-corrected chi connectivity index (χ1v) is 5.72. The average molecular weight is 177 g/mol. The molecule has 1 aliphatic carbocycles. The van der Waals surface area contributed by atoms with Crippen LogP contribution in [0.4, 0.5) is 0 Å². The highest BCUT2D eigenvalue weighted by Gasteiger charge is 2.10. The normalized spacial score (nSPS) is 31.9. The van der Waals surface area contributed by atoms with Gasteiger partial charge in [0.15, 0.2) is 0 Å². The van der Waals surface area contributed by atoms with Gasteiger partial charge in [-0.1, -0.05) is 44.3 Å². The van der Waals surface area contributed by atoms with Gasteiger partial charge in [0.1, 0.15) is 7.85 Å². The van der Waals surface area contributed by atoms with Crippen LogP contribution in [0, 0.1) is 17.2 Å². The quantitative estimate of drug-likeness (QED) is 0.522. The smallest absolute Gasteiger partial charge is 0.105 e. The molecule has 2 heteroatoms. The molecule has 0 heterocycles. The van der Waals surface area contributed by atoms with Crippen LogP contribution in [0.1, 0.15) is 51.4 Å². The zero-order valence-electron chi connectivity index (χ0n) is 8.76. The van der Waals surface area contributed by atoms with Crippen molar-refractivity contribution in [3.8, 4) is 6.07 Å². The van der Waals surface area contributed by atoms with Crippen LogP contribution in [0.3, 0.4) is 0 Å². The third kappa shape index (κ3) is 4.36. The second kappa shape index (κ2) is 6.08. The number of hydrogen-bond acceptors (Lipinski definition) is 1. The van der Waals surface area contributed by atoms with Gasteiger partial charge >= 0.3 is 0 Å². The lowest BCUT2D eigenvalue weighted by Gasteiger charge is -2.15. The van der Waals surface area contributed by atoms with Crippen molar-refractivity contribution in [2.45, 2.75) is 57.2 Å². The summed E-state index contributed by atoms with van der Waals surface area (Å²) in [6.45, 7) is 0. The largest absolute Gasteiger partial charge is 0.198 e. The molecule has 1 saturated carbocycles. The van der Waals surface area contributed by atoms with E-state index in [1.165, 1.54) is 38.5 Å². The Morgan fingerprint density at radius 2 is 1.38 bits per heavy atom. The van der Waals surface area contributed by atoms with E-state index in [1.54, 1.807) is 0 Å². The minimum Gasteiger partial charge on any atom is -0.198 e. The molecule has 0 amide bonds. The second-order valence-electron chi connectivity index (χ2n) is 4.50. The van der Waals surface area contributed by atoms with Gasteiger partial charge in [-0.2, -0.15) is 5.26 Å². The summed E-state index contributed by atoms with van der Waals surface area (Å²) in [6, 6.07) is 2.43. The van der Waals surface area contributed by atoms with Gasteiger partial charge in [-0.05, 0) is 12.8 Å². The molecule has 0 aliphatic heterocycles. The van der Waals surface area contributed by atoms with Crippen molar-refractivity contribution in [3.05, 3.63) is 0 Å². The van der Waals surface area contributed by atoms with E-state index in [1.807, 2.05) is 0 Å². The number of hydrogen-bond donors (Lipinski definition) is 0. The van der Waals surface area contributed by atoms with E-state index >= 15 is 0 Å². The molecule has 1 nitrogen and oxygen atoms in total. The van der Waals surface area contributed by atoms with Crippen LogP contribution in [0.5, 0.6) is 0 Å². The summed E-state index contributed by atoms with van der Waals surface area (Å²) < 4.78 is 0. The zero-order valence-corrected chi connectivity index (χ0v) is 8.76. The van der Waals surface area contributed by atoms with Gasteiger partial charge in [0, 0.05) is 5.92 Å². The van der Waals surface area contributed by atoms with Crippen molar-refractivity contribution in [1.29, 1.82) is 5.26 Å². The van der Waals surface area contributed by atoms with Gasteiger partial charge in [0.2, 0.25) is 0 Å². The Labute approximate surface area is 82.9 Å². The Morgan fingerprint density at radius 3 is 1.85 bits per heavy atom. The molecule has 0 aromatic carbocycles. The van der Waals surface area contributed by atoms with E-state index in [0.717, 1.165) is 18.7 Å². The number of nitrogens with zero attached hydrogens (tertiary/aromatic N) is 1. The number of rotatable bonds is 0. The zero-order chi connectivity index (χ0) is 9.52. The van der Waals surface area contributed by atoms with Crippen molar-refractivity contribution in [2.75, 3.05) is 0 Å². The number of nitriles is 1. The maximum atomic E-state index is 8.87. The standard InChI is InChI=1S/C11H20BN/c12-11-7-3-1-5-10(9-13)6-2-4-8-11/h10-11H,1-8,12H2. The maximum Gasteiger partial charge on any atom is 0.105 e. The van der Waals surface area contributed by atoms with Crippen molar-refractivity contribution in [1.82, 2.24) is 0 Å². The minimum absolute atomic E-state index is 0.355. The monoisotopic (exact) mass is 177 g/mol. The predicted octanol–water partition coefficient (Wildman–Crippen LogP) is 2.68. The lowest BCUT2D eigenvalue weighted by molar-refractivity contribution is 0.450. The van der Waals surface area contributed by atoms with E-state index in [2.05, 4.69) is 13.9 Å². The fourth-order valence-electron chi connectivity index (χ4n) is 2.18. The van der Waals surface area contributed by atoms with Gasteiger partial charge in [0.25, 0.3) is 0 Å². The van der Waals surface area contributed by atoms with Crippen LogP contribution in [0.15, 0.2) is 0 Å². The first kappa shape index (κ1) is 10.6. The Balaban J connectivity index is 2.29. The molecule has 0 bridgehead atoms. The first-order valence-electron chi connectivity index (χ1n) is 5.72. The highest BCUT2D eigenvalue weighted by molar-refractivity contribution is 6.11. The SMILES string of the molecule is BC1CCCCC(C#N)CCCC1. The Bertz CT molecular complexity index is 161. The second-order valence-corrected chi connectivity index (χ2v) is 4.50. The summed E-state index contributed by atoms with van der Waals surface area (Å²) in [6.07, 6.45) is 10.2. The molecule has 0 spiro atoms. The summed E-state index contributed by atoms with van der Waals surface area (Å²) in [5.74, 6) is 1.27. The van der Waals surface area contributed by atoms with E-state index in [4.69, 9.17) is 5.26 Å². The average Bonchev–Trinajstić information content (AvgIpc) is 2.16. The van der Waals surface area contributed by atoms with E-state index in [9.17, 15) is 0 Å². The third-order valence-electron chi connectivity index (χ3n) is 3.18. The van der Waals surface area contributed by atoms with Gasteiger partial charge < -0.3 is 0 Å². The van der Waals surface area contributed by atoms with E-state index in [-0.39, 0.29) is 0 Å². The molecule has 1 aliphatic rings. The van der Waals surface area contributed by atoms with Crippen LogP contribution in [-0.2, 0) is 0 Å². The molecular weight excluding hydrogens is 157 g/mol. The molecule has 0 atom stereocenters. The molecule has 1 rings (SSSR count). The third-order valence-corrected chi connectivity index (χ3v) is 3.18. The highest BCUT2D eigenvalue weighted by Crippen LogP contribution is 2.25. The van der Waals surface area contributed by atoms with Gasteiger partial charge in [0.05, 0.1) is 6.07 Å². The molecule has 13 heavy (non-hydrogen) atoms. The molecule has 0 N–H and O–H groups in total. The highest BCUT2D eigenvalue weighted by atomic mass is 14.3. The van der Waals surface area contributed by atoms with Crippen molar-refractivity contribution >= 4 is 7.85 Å². The maximum absolute atomic E-state index is 8.87. The van der Waals surface area contributed by atoms with Crippen LogP contribution < -0.4 is 0 Å². The van der Waals surface area contributed by atoms with Crippen LogP contribution in [0.2, 0.25) is 5.82 Å². The lowest BCUT2D eigenvalue weighted by atomic mass is 9.77. The van der Waals surface area contributed by atoms with Crippen molar-refractivity contribution in [2.24, 2.45) is 5.92 Å². The molecule has 0 saturated heterocycles. The summed E-state index contributed by atoms with van der Waals surface area (Å²) >= 11 is 0. The van der Waals surface area contributed by atoms with Crippen molar-refractivity contribution in [3.63, 3.8) is 0 Å². The molecule has 0 unspecified atom stereocenters. The topological polar surface area (TPSA) is 23.8 Å². The van der Waals surface area contributed by atoms with Crippen LogP contribution in [0.25, 0.3) is 0 Å². The summed E-state index contributed by atoms with van der Waals surface area (Å²) in [4.78, 5) is 0. The molecule has 0 aromatic rings. The lowest BCUT2D eigenvalue weighted by Crippen LogP contribution is -2.02. The van der Waals surface area contributed by atoms with E-state index in [0.29, 0.717) is 5.92 Å². The van der Waals surface area contributed by atoms with Gasteiger partial charge in [-0.15, -0.1) is 0 Å². The minimum atomic E-state index is 0.355. The first-order chi connectivity index (χ1) is 6.33. The van der Waals surface area contributed by atoms with E-state index < -0.39 is 0 Å². The Hall–Kier alpha value is -0.445. The fraction of sp³-hybridized carbons (Fsp3) is 0.909. The van der Waals surface area contributed by atoms with Crippen LogP contribution >= 0.6 is 0 Å². The molecule has 72 valence electrons. The molecule has 0 aromatic heterocycles. The van der Waals surface area contributed by atoms with Gasteiger partial charge in [-0.25, -0.2) is 0 Å². The van der Waals surface area contributed by atoms with Gasteiger partial charge in [-0.3, -0.25) is 0 Å². The van der Waals surface area contributed by atoms with Crippen molar-refractivity contribution < 1.29 is 0 Å². The molecular formula is C11H20BN. The molecule has 1 fully saturated rings. The fourth-order valence-corrected chi connectivity index (χ4v) is 2.18. The molecule has 0 radical (unpaired) electrons. The predicted molar refractivity (Wildman–Crippen MR) is 58.3 cm³/mol.